The van der Waals surface area contributed by atoms with Crippen LogP contribution in [0.4, 0.5) is 0 Å². The number of allylic oxidation sites excluding steroid dienone is 1. The van der Waals surface area contributed by atoms with Crippen LogP contribution in [0.3, 0.4) is 0 Å². The molecule has 2 aliphatic heterocycles. The highest BCUT2D eigenvalue weighted by Gasteiger charge is 2.53. The number of carbonyl (C=O) groups excluding carboxylic acids is 1. The molecule has 1 spiro atoms. The molecule has 13 heteroatoms. The molecule has 2 atom stereocenters. The van der Waals surface area contributed by atoms with Crippen molar-refractivity contribution in [2.24, 2.45) is 10.9 Å². The lowest BCUT2D eigenvalue weighted by atomic mass is 10.0. The van der Waals surface area contributed by atoms with Crippen LogP contribution in [0.1, 0.15) is 18.4 Å². The van der Waals surface area contributed by atoms with E-state index in [1.807, 2.05) is 12.1 Å². The molecule has 34 heavy (non-hydrogen) atoms. The van der Waals surface area contributed by atoms with Crippen molar-refractivity contribution in [1.29, 1.82) is 0 Å². The number of hydrogen-bond donors (Lipinski definition) is 3. The van der Waals surface area contributed by atoms with Gasteiger partial charge >= 0.3 is 5.79 Å². The molecule has 186 valence electrons. The molecule has 0 saturated heterocycles. The van der Waals surface area contributed by atoms with Gasteiger partial charge < -0.3 is 35.2 Å². The SMILES string of the molecule is COC1=C(Br)O[C@@]2(CC=C1Br)ON=C(C(=O)NCCCOc1c(Br)cc(CCN)cc1Br)[C@@H]2O. The first-order valence-corrected chi connectivity index (χ1v) is 13.4. The van der Waals surface area contributed by atoms with E-state index in [1.54, 1.807) is 6.08 Å². The number of rotatable bonds is 9. The highest BCUT2D eigenvalue weighted by atomic mass is 79.9. The highest BCUT2D eigenvalue weighted by Crippen LogP contribution is 2.40. The molecule has 0 unspecified atom stereocenters. The largest absolute Gasteiger partial charge is 0.491 e. The number of aliphatic hydroxyl groups excluding tert-OH is 1. The maximum absolute atomic E-state index is 12.6. The third kappa shape index (κ3) is 6.16. The Morgan fingerprint density at radius 1 is 1.32 bits per heavy atom. The number of nitrogens with one attached hydrogen (secondary N) is 1. The van der Waals surface area contributed by atoms with E-state index in [1.165, 1.54) is 7.11 Å². The molecule has 0 aliphatic carbocycles. The predicted octanol–water partition coefficient (Wildman–Crippen LogP) is 3.95. The molecule has 0 saturated carbocycles. The van der Waals surface area contributed by atoms with Crippen molar-refractivity contribution in [1.82, 2.24) is 5.32 Å². The molecule has 1 aromatic rings. The molecule has 0 aromatic heterocycles. The monoisotopic (exact) mass is 729 g/mol. The van der Waals surface area contributed by atoms with Crippen LogP contribution in [0.25, 0.3) is 0 Å². The predicted molar refractivity (Wildman–Crippen MR) is 141 cm³/mol. The Kier molecular flexibility index (Phi) is 9.87. The Balaban J connectivity index is 1.51. The van der Waals surface area contributed by atoms with Crippen molar-refractivity contribution in [3.8, 4) is 5.75 Å². The van der Waals surface area contributed by atoms with Crippen molar-refractivity contribution in [2.75, 3.05) is 26.8 Å². The van der Waals surface area contributed by atoms with Crippen LogP contribution >= 0.6 is 63.7 Å². The zero-order valence-corrected chi connectivity index (χ0v) is 24.4. The second-order valence-electron chi connectivity index (χ2n) is 7.33. The summed E-state index contributed by atoms with van der Waals surface area (Å²) in [5.41, 5.74) is 6.53. The second-order valence-corrected chi connectivity index (χ2v) is 10.6. The Labute approximate surface area is 230 Å². The van der Waals surface area contributed by atoms with Gasteiger partial charge in [-0.3, -0.25) is 4.79 Å². The van der Waals surface area contributed by atoms with E-state index in [0.717, 1.165) is 20.9 Å². The van der Waals surface area contributed by atoms with E-state index in [2.05, 4.69) is 74.2 Å². The van der Waals surface area contributed by atoms with Crippen LogP contribution < -0.4 is 15.8 Å². The lowest BCUT2D eigenvalue weighted by Gasteiger charge is -2.28. The fraction of sp³-hybridized carbons (Fsp3) is 0.429. The van der Waals surface area contributed by atoms with Crippen LogP contribution in [0, 0.1) is 0 Å². The van der Waals surface area contributed by atoms with Gasteiger partial charge in [-0.15, -0.1) is 0 Å². The fourth-order valence-corrected chi connectivity index (χ4v) is 6.19. The first-order chi connectivity index (χ1) is 16.2. The average Bonchev–Trinajstić information content (AvgIpc) is 3.03. The summed E-state index contributed by atoms with van der Waals surface area (Å²) >= 11 is 13.7. The Morgan fingerprint density at radius 3 is 2.68 bits per heavy atom. The van der Waals surface area contributed by atoms with Gasteiger partial charge in [-0.25, -0.2) is 0 Å². The Bertz CT molecular complexity index is 1010. The molecule has 1 amide bonds. The van der Waals surface area contributed by atoms with Crippen molar-refractivity contribution in [3.63, 3.8) is 0 Å². The van der Waals surface area contributed by atoms with Gasteiger partial charge in [0.15, 0.2) is 17.6 Å². The fourth-order valence-electron chi connectivity index (χ4n) is 3.26. The number of ether oxygens (including phenoxy) is 3. The maximum Gasteiger partial charge on any atom is 0.311 e. The summed E-state index contributed by atoms with van der Waals surface area (Å²) in [5, 5.41) is 17.3. The van der Waals surface area contributed by atoms with Gasteiger partial charge in [0.25, 0.3) is 5.91 Å². The van der Waals surface area contributed by atoms with Gasteiger partial charge in [-0.1, -0.05) is 11.2 Å². The van der Waals surface area contributed by atoms with Gasteiger partial charge in [0.1, 0.15) is 5.75 Å². The number of amides is 1. The number of methoxy groups -OCH3 is 1. The minimum absolute atomic E-state index is 0.124. The average molecular weight is 733 g/mol. The van der Waals surface area contributed by atoms with Crippen molar-refractivity contribution < 1.29 is 28.9 Å². The molecule has 0 radical (unpaired) electrons. The summed E-state index contributed by atoms with van der Waals surface area (Å²) in [6, 6.07) is 3.94. The summed E-state index contributed by atoms with van der Waals surface area (Å²) in [4.78, 5) is 18.0. The summed E-state index contributed by atoms with van der Waals surface area (Å²) in [6.45, 7) is 1.23. The minimum atomic E-state index is -1.58. The number of halogens is 4. The summed E-state index contributed by atoms with van der Waals surface area (Å²) in [5.74, 6) is -1.07. The molecular formula is C21H23Br4N3O6. The zero-order valence-electron chi connectivity index (χ0n) is 18.1. The van der Waals surface area contributed by atoms with E-state index in [-0.39, 0.29) is 16.8 Å². The van der Waals surface area contributed by atoms with Crippen LogP contribution in [0.5, 0.6) is 5.75 Å². The lowest BCUT2D eigenvalue weighted by Crippen LogP contribution is -2.49. The number of aliphatic hydroxyl groups is 1. The molecule has 0 bridgehead atoms. The number of carbonyl (C=O) groups is 1. The van der Waals surface area contributed by atoms with E-state index >= 15 is 0 Å². The topological polar surface area (TPSA) is 125 Å². The van der Waals surface area contributed by atoms with E-state index in [4.69, 9.17) is 24.8 Å². The van der Waals surface area contributed by atoms with Gasteiger partial charge in [0.2, 0.25) is 4.67 Å². The normalized spacial score (nSPS) is 21.9. The molecule has 3 rings (SSSR count). The number of oxime groups is 1. The van der Waals surface area contributed by atoms with Crippen molar-refractivity contribution in [2.45, 2.75) is 31.2 Å². The number of nitrogens with zero attached hydrogens (tertiary/aromatic N) is 1. The third-order valence-electron chi connectivity index (χ3n) is 4.98. The maximum atomic E-state index is 12.6. The van der Waals surface area contributed by atoms with Gasteiger partial charge in [0.05, 0.1) is 27.1 Å². The summed E-state index contributed by atoms with van der Waals surface area (Å²) in [7, 11) is 1.48. The number of hydrogen-bond acceptors (Lipinski definition) is 8. The van der Waals surface area contributed by atoms with Crippen LogP contribution in [0.2, 0.25) is 0 Å². The van der Waals surface area contributed by atoms with Crippen LogP contribution in [0.15, 0.2) is 47.2 Å². The molecule has 2 heterocycles. The smallest absolute Gasteiger partial charge is 0.311 e. The molecule has 2 aliphatic rings. The molecule has 4 N–H and O–H groups in total. The summed E-state index contributed by atoms with van der Waals surface area (Å²) in [6.07, 6.45) is 1.72. The standard InChI is InChI=1S/C21H23Br4N3O6/c1-31-17-12(22)3-5-21(33-19(17)25)18(29)15(28-34-21)20(30)27-7-2-8-32-16-13(23)9-11(4-6-26)10-14(16)24/h3,9-10,18,29H,2,4-8,26H2,1H3,(H,27,30)/t18-,21-/m0/s1. The quantitative estimate of drug-likeness (QED) is 0.329. The van der Waals surface area contributed by atoms with E-state index < -0.39 is 17.8 Å². The first-order valence-electron chi connectivity index (χ1n) is 10.2. The highest BCUT2D eigenvalue weighted by molar-refractivity contribution is 9.12. The molecular weight excluding hydrogens is 710 g/mol. The lowest BCUT2D eigenvalue weighted by molar-refractivity contribution is -0.227. The third-order valence-corrected chi connectivity index (χ3v) is 7.36. The molecule has 1 aromatic carbocycles. The number of nitrogens with two attached hydrogens (primary N) is 1. The number of benzene rings is 1. The van der Waals surface area contributed by atoms with Crippen LogP contribution in [-0.4, -0.2) is 55.4 Å². The van der Waals surface area contributed by atoms with Crippen molar-refractivity contribution >= 4 is 75.3 Å². The van der Waals surface area contributed by atoms with E-state index in [0.29, 0.717) is 42.1 Å². The van der Waals surface area contributed by atoms with Crippen LogP contribution in [-0.2, 0) is 25.5 Å². The summed E-state index contributed by atoms with van der Waals surface area (Å²) < 4.78 is 19.3. The van der Waals surface area contributed by atoms with Gasteiger partial charge in [0, 0.05) is 13.0 Å². The molecule has 0 fully saturated rings. The zero-order chi connectivity index (χ0) is 24.9. The van der Waals surface area contributed by atoms with Gasteiger partial charge in [-0.05, 0) is 101 Å². The van der Waals surface area contributed by atoms with Crippen molar-refractivity contribution in [3.05, 3.63) is 47.6 Å². The minimum Gasteiger partial charge on any atom is -0.491 e. The Morgan fingerprint density at radius 2 is 2.03 bits per heavy atom. The van der Waals surface area contributed by atoms with Gasteiger partial charge in [-0.2, -0.15) is 0 Å². The second kappa shape index (κ2) is 12.2. The Hall–Kier alpha value is -1.12. The molecule has 9 nitrogen and oxygen atoms in total. The first kappa shape index (κ1) is 27.5. The van der Waals surface area contributed by atoms with E-state index in [9.17, 15) is 9.90 Å².